The SMILES string of the molecule is Cc1cccc(NC(=O)COC(=O)[C@@H]2CC(=O)N(c3cc(C)cc(C)c3)C2)c1. The van der Waals surface area contributed by atoms with E-state index in [0.717, 1.165) is 22.4 Å². The molecule has 146 valence electrons. The Labute approximate surface area is 164 Å². The Morgan fingerprint density at radius 1 is 1.07 bits per heavy atom. The lowest BCUT2D eigenvalue weighted by molar-refractivity contribution is -0.151. The number of aryl methyl sites for hydroxylation is 3. The average molecular weight is 380 g/mol. The van der Waals surface area contributed by atoms with Gasteiger partial charge in [0.1, 0.15) is 0 Å². The molecule has 1 atom stereocenters. The van der Waals surface area contributed by atoms with Crippen molar-refractivity contribution < 1.29 is 19.1 Å². The van der Waals surface area contributed by atoms with Crippen molar-refractivity contribution in [3.63, 3.8) is 0 Å². The van der Waals surface area contributed by atoms with E-state index in [1.54, 1.807) is 11.0 Å². The number of carbonyl (C=O) groups excluding carboxylic acids is 3. The second-order valence-electron chi connectivity index (χ2n) is 7.28. The van der Waals surface area contributed by atoms with Gasteiger partial charge in [0, 0.05) is 24.3 Å². The molecule has 1 aliphatic rings. The van der Waals surface area contributed by atoms with Crippen molar-refractivity contribution in [2.24, 2.45) is 5.92 Å². The Morgan fingerprint density at radius 2 is 1.79 bits per heavy atom. The molecule has 3 rings (SSSR count). The lowest BCUT2D eigenvalue weighted by Gasteiger charge is -2.18. The van der Waals surface area contributed by atoms with E-state index < -0.39 is 17.8 Å². The number of rotatable bonds is 5. The van der Waals surface area contributed by atoms with Gasteiger partial charge in [0.2, 0.25) is 5.91 Å². The van der Waals surface area contributed by atoms with Gasteiger partial charge < -0.3 is 15.0 Å². The summed E-state index contributed by atoms with van der Waals surface area (Å²) in [5, 5.41) is 2.69. The summed E-state index contributed by atoms with van der Waals surface area (Å²) in [5.74, 6) is -1.62. The van der Waals surface area contributed by atoms with E-state index in [2.05, 4.69) is 5.32 Å². The van der Waals surface area contributed by atoms with Crippen LogP contribution in [0.5, 0.6) is 0 Å². The molecular weight excluding hydrogens is 356 g/mol. The number of hydrogen-bond acceptors (Lipinski definition) is 4. The second-order valence-corrected chi connectivity index (χ2v) is 7.28. The Hall–Kier alpha value is -3.15. The zero-order chi connectivity index (χ0) is 20.3. The van der Waals surface area contributed by atoms with Gasteiger partial charge in [-0.1, -0.05) is 18.2 Å². The van der Waals surface area contributed by atoms with Gasteiger partial charge in [-0.2, -0.15) is 0 Å². The first-order chi connectivity index (χ1) is 13.3. The second kappa shape index (κ2) is 8.25. The van der Waals surface area contributed by atoms with Gasteiger partial charge >= 0.3 is 5.97 Å². The van der Waals surface area contributed by atoms with E-state index in [-0.39, 0.29) is 25.5 Å². The fraction of sp³-hybridized carbons (Fsp3) is 0.318. The van der Waals surface area contributed by atoms with E-state index in [1.165, 1.54) is 0 Å². The number of esters is 1. The lowest BCUT2D eigenvalue weighted by Crippen LogP contribution is -2.28. The molecule has 1 heterocycles. The predicted molar refractivity (Wildman–Crippen MR) is 107 cm³/mol. The molecule has 0 spiro atoms. The summed E-state index contributed by atoms with van der Waals surface area (Å²) >= 11 is 0. The van der Waals surface area contributed by atoms with E-state index >= 15 is 0 Å². The molecule has 1 fully saturated rings. The van der Waals surface area contributed by atoms with Gasteiger partial charge in [-0.25, -0.2) is 0 Å². The number of ether oxygens (including phenoxy) is 1. The third-order valence-corrected chi connectivity index (χ3v) is 4.62. The highest BCUT2D eigenvalue weighted by Crippen LogP contribution is 2.27. The maximum Gasteiger partial charge on any atom is 0.311 e. The topological polar surface area (TPSA) is 75.7 Å². The summed E-state index contributed by atoms with van der Waals surface area (Å²) in [6, 6.07) is 13.2. The quantitative estimate of drug-likeness (QED) is 0.809. The molecule has 1 N–H and O–H groups in total. The number of anilines is 2. The van der Waals surface area contributed by atoms with Crippen LogP contribution in [0.4, 0.5) is 11.4 Å². The van der Waals surface area contributed by atoms with E-state index in [4.69, 9.17) is 4.74 Å². The summed E-state index contributed by atoms with van der Waals surface area (Å²) in [6.45, 7) is 5.75. The Balaban J connectivity index is 1.55. The summed E-state index contributed by atoms with van der Waals surface area (Å²) in [7, 11) is 0. The largest absolute Gasteiger partial charge is 0.455 e. The maximum atomic E-state index is 12.4. The van der Waals surface area contributed by atoms with Crippen LogP contribution in [0.3, 0.4) is 0 Å². The molecule has 2 aromatic carbocycles. The van der Waals surface area contributed by atoms with Crippen LogP contribution in [-0.2, 0) is 19.1 Å². The van der Waals surface area contributed by atoms with Crippen LogP contribution in [-0.4, -0.2) is 30.9 Å². The normalized spacial score (nSPS) is 16.2. The van der Waals surface area contributed by atoms with Crippen molar-refractivity contribution in [1.29, 1.82) is 0 Å². The molecule has 0 bridgehead atoms. The summed E-state index contributed by atoms with van der Waals surface area (Å²) in [4.78, 5) is 38.3. The van der Waals surface area contributed by atoms with E-state index in [1.807, 2.05) is 57.2 Å². The van der Waals surface area contributed by atoms with Crippen LogP contribution in [0.1, 0.15) is 23.1 Å². The van der Waals surface area contributed by atoms with Crippen LogP contribution in [0.25, 0.3) is 0 Å². The third kappa shape index (κ3) is 4.76. The Kier molecular flexibility index (Phi) is 5.78. The number of nitrogens with zero attached hydrogens (tertiary/aromatic N) is 1. The first-order valence-corrected chi connectivity index (χ1v) is 9.23. The first kappa shape index (κ1) is 19.6. The van der Waals surface area contributed by atoms with Crippen LogP contribution < -0.4 is 10.2 Å². The highest BCUT2D eigenvalue weighted by molar-refractivity contribution is 6.00. The highest BCUT2D eigenvalue weighted by Gasteiger charge is 2.36. The Bertz CT molecular complexity index is 902. The summed E-state index contributed by atoms with van der Waals surface area (Å²) in [5.41, 5.74) is 4.57. The van der Waals surface area contributed by atoms with Crippen molar-refractivity contribution in [1.82, 2.24) is 0 Å². The minimum atomic E-state index is -0.569. The first-order valence-electron chi connectivity index (χ1n) is 9.23. The van der Waals surface area contributed by atoms with Gasteiger partial charge in [0.15, 0.2) is 6.61 Å². The molecule has 0 radical (unpaired) electrons. The molecule has 0 aliphatic carbocycles. The van der Waals surface area contributed by atoms with E-state index in [0.29, 0.717) is 5.69 Å². The van der Waals surface area contributed by atoms with Crippen molar-refractivity contribution in [3.8, 4) is 0 Å². The molecule has 6 nitrogen and oxygen atoms in total. The molecule has 28 heavy (non-hydrogen) atoms. The monoisotopic (exact) mass is 380 g/mol. The minimum Gasteiger partial charge on any atom is -0.455 e. The molecule has 1 saturated heterocycles. The van der Waals surface area contributed by atoms with Gasteiger partial charge in [-0.15, -0.1) is 0 Å². The highest BCUT2D eigenvalue weighted by atomic mass is 16.5. The van der Waals surface area contributed by atoms with Crippen LogP contribution in [0.2, 0.25) is 0 Å². The van der Waals surface area contributed by atoms with Crippen LogP contribution >= 0.6 is 0 Å². The van der Waals surface area contributed by atoms with Crippen molar-refractivity contribution >= 4 is 29.2 Å². The van der Waals surface area contributed by atoms with E-state index in [9.17, 15) is 14.4 Å². The lowest BCUT2D eigenvalue weighted by atomic mass is 10.1. The van der Waals surface area contributed by atoms with Crippen molar-refractivity contribution in [2.75, 3.05) is 23.4 Å². The summed E-state index contributed by atoms with van der Waals surface area (Å²) < 4.78 is 5.14. The van der Waals surface area contributed by atoms with Gasteiger partial charge in [-0.05, 0) is 61.7 Å². The molecular formula is C22H24N2O4. The van der Waals surface area contributed by atoms with Gasteiger partial charge in [0.25, 0.3) is 5.91 Å². The average Bonchev–Trinajstić information content (AvgIpc) is 3.01. The standard InChI is InChI=1S/C22H24N2O4/c1-14-5-4-6-18(8-14)23-20(25)13-28-22(27)17-11-21(26)24(12-17)19-9-15(2)7-16(3)10-19/h4-10,17H,11-13H2,1-3H3,(H,23,25)/t17-/m1/s1. The number of nitrogens with one attached hydrogen (secondary N) is 1. The van der Waals surface area contributed by atoms with Gasteiger partial charge in [-0.3, -0.25) is 14.4 Å². The molecule has 2 amide bonds. The minimum absolute atomic E-state index is 0.0886. The third-order valence-electron chi connectivity index (χ3n) is 4.62. The maximum absolute atomic E-state index is 12.4. The fourth-order valence-corrected chi connectivity index (χ4v) is 3.40. The molecule has 0 unspecified atom stereocenters. The van der Waals surface area contributed by atoms with Crippen molar-refractivity contribution in [2.45, 2.75) is 27.2 Å². The van der Waals surface area contributed by atoms with Gasteiger partial charge in [0.05, 0.1) is 5.92 Å². The molecule has 2 aromatic rings. The van der Waals surface area contributed by atoms with Crippen molar-refractivity contribution in [3.05, 3.63) is 59.2 Å². The fourth-order valence-electron chi connectivity index (χ4n) is 3.40. The predicted octanol–water partition coefficient (Wildman–Crippen LogP) is 3.15. The molecule has 0 saturated carbocycles. The van der Waals surface area contributed by atoms with Crippen LogP contribution in [0.15, 0.2) is 42.5 Å². The zero-order valence-corrected chi connectivity index (χ0v) is 16.3. The zero-order valence-electron chi connectivity index (χ0n) is 16.3. The van der Waals surface area contributed by atoms with Crippen LogP contribution in [0, 0.1) is 26.7 Å². The number of amides is 2. The molecule has 0 aromatic heterocycles. The Morgan fingerprint density at radius 3 is 2.46 bits per heavy atom. The molecule has 1 aliphatic heterocycles. The molecule has 6 heteroatoms. The smallest absolute Gasteiger partial charge is 0.311 e. The number of carbonyl (C=O) groups is 3. The number of hydrogen-bond donors (Lipinski definition) is 1. The number of benzene rings is 2. The summed E-state index contributed by atoms with van der Waals surface area (Å²) in [6.07, 6.45) is 0.0886.